The van der Waals surface area contributed by atoms with E-state index in [9.17, 15) is 26.7 Å². The van der Waals surface area contributed by atoms with Crippen molar-refractivity contribution in [3.63, 3.8) is 0 Å². The van der Waals surface area contributed by atoms with E-state index in [1.807, 2.05) is 0 Å². The number of alkyl halides is 3. The fraction of sp³-hybridized carbons (Fsp3) is 0.318. The smallest absolute Gasteiger partial charge is 0.416 e. The molecule has 0 spiro atoms. The lowest BCUT2D eigenvalue weighted by Gasteiger charge is -2.10. The third-order valence-electron chi connectivity index (χ3n) is 4.15. The summed E-state index contributed by atoms with van der Waals surface area (Å²) in [7, 11) is 0. The van der Waals surface area contributed by atoms with Crippen LogP contribution in [0.3, 0.4) is 0 Å². The molecule has 0 aliphatic carbocycles. The number of carbonyl (C=O) groups is 1. The molecule has 168 valence electrons. The minimum absolute atomic E-state index is 0.0219. The van der Waals surface area contributed by atoms with Crippen LogP contribution in [0.1, 0.15) is 30.9 Å². The summed E-state index contributed by atoms with van der Waals surface area (Å²) in [5.41, 5.74) is -0.270. The predicted molar refractivity (Wildman–Crippen MR) is 103 cm³/mol. The summed E-state index contributed by atoms with van der Waals surface area (Å²) >= 11 is 0. The number of halogens is 5. The normalized spacial score (nSPS) is 11.0. The first-order valence-electron chi connectivity index (χ1n) is 9.33. The Morgan fingerprint density at radius 2 is 1.42 bits per heavy atom. The highest BCUT2D eigenvalue weighted by molar-refractivity contribution is 5.69. The van der Waals surface area contributed by atoms with E-state index in [1.165, 1.54) is 19.1 Å². The van der Waals surface area contributed by atoms with Crippen LogP contribution in [0.25, 0.3) is 0 Å². The van der Waals surface area contributed by atoms with Gasteiger partial charge in [0.05, 0.1) is 5.56 Å². The fourth-order valence-electron chi connectivity index (χ4n) is 2.36. The second-order valence-corrected chi connectivity index (χ2v) is 6.56. The molecule has 2 aromatic carbocycles. The van der Waals surface area contributed by atoms with Gasteiger partial charge in [0.15, 0.2) is 0 Å². The molecule has 31 heavy (non-hydrogen) atoms. The number of benzene rings is 2. The first-order valence-corrected chi connectivity index (χ1v) is 9.33. The highest BCUT2D eigenvalue weighted by atomic mass is 19.4. The molecule has 0 heterocycles. The molecule has 0 N–H and O–H groups in total. The first-order chi connectivity index (χ1) is 14.6. The maximum absolute atomic E-state index is 12.6. The number of esters is 1. The summed E-state index contributed by atoms with van der Waals surface area (Å²) in [6.07, 6.45) is -6.36. The lowest BCUT2D eigenvalue weighted by molar-refractivity contribution is -0.144. The molecule has 0 atom stereocenters. The number of hydrogen-bond donors (Lipinski definition) is 0. The molecule has 0 fully saturated rings. The van der Waals surface area contributed by atoms with Gasteiger partial charge >= 0.3 is 12.1 Å². The van der Waals surface area contributed by atoms with Crippen LogP contribution in [-0.4, -0.2) is 19.2 Å². The van der Waals surface area contributed by atoms with Crippen molar-refractivity contribution in [2.45, 2.75) is 32.5 Å². The van der Waals surface area contributed by atoms with Gasteiger partial charge in [-0.2, -0.15) is 22.0 Å². The minimum atomic E-state index is -4.38. The Morgan fingerprint density at radius 1 is 0.839 bits per heavy atom. The van der Waals surface area contributed by atoms with Crippen LogP contribution < -0.4 is 9.47 Å². The molecule has 0 saturated heterocycles. The monoisotopic (exact) mass is 444 g/mol. The molecule has 4 nitrogen and oxygen atoms in total. The van der Waals surface area contributed by atoms with Gasteiger partial charge in [0.1, 0.15) is 31.3 Å². The van der Waals surface area contributed by atoms with Crippen molar-refractivity contribution < 1.29 is 41.0 Å². The number of rotatable bonds is 10. The maximum atomic E-state index is 12.6. The van der Waals surface area contributed by atoms with Crippen molar-refractivity contribution in [1.29, 1.82) is 0 Å². The van der Waals surface area contributed by atoms with E-state index in [1.54, 1.807) is 24.3 Å². The highest BCUT2D eigenvalue weighted by Crippen LogP contribution is 2.29. The fourth-order valence-corrected chi connectivity index (χ4v) is 2.36. The van der Waals surface area contributed by atoms with E-state index in [2.05, 4.69) is 0 Å². The van der Waals surface area contributed by atoms with E-state index in [-0.39, 0.29) is 38.2 Å². The van der Waals surface area contributed by atoms with Gasteiger partial charge in [0.25, 0.3) is 6.08 Å². The molecule has 0 bridgehead atoms. The van der Waals surface area contributed by atoms with Crippen molar-refractivity contribution in [1.82, 2.24) is 0 Å². The second-order valence-electron chi connectivity index (χ2n) is 6.56. The summed E-state index contributed by atoms with van der Waals surface area (Å²) in [5.74, 6) is 0.412. The van der Waals surface area contributed by atoms with Crippen molar-refractivity contribution in [2.75, 3.05) is 13.2 Å². The van der Waals surface area contributed by atoms with Gasteiger partial charge in [-0.3, -0.25) is 4.79 Å². The first kappa shape index (κ1) is 24.2. The molecular formula is C22H21F5O4. The summed E-state index contributed by atoms with van der Waals surface area (Å²) in [4.78, 5) is 11.5. The number of carbonyl (C=O) groups excluding carboxylic acids is 1. The van der Waals surface area contributed by atoms with Crippen LogP contribution in [0.4, 0.5) is 22.0 Å². The van der Waals surface area contributed by atoms with E-state index in [4.69, 9.17) is 14.2 Å². The van der Waals surface area contributed by atoms with Crippen LogP contribution in [0.15, 0.2) is 60.2 Å². The largest absolute Gasteiger partial charge is 0.490 e. The lowest BCUT2D eigenvalue weighted by atomic mass is 10.1. The summed E-state index contributed by atoms with van der Waals surface area (Å²) in [6, 6.07) is 11.2. The Morgan fingerprint density at radius 3 is 1.97 bits per heavy atom. The van der Waals surface area contributed by atoms with Crippen molar-refractivity contribution >= 4 is 5.97 Å². The topological polar surface area (TPSA) is 44.8 Å². The zero-order valence-corrected chi connectivity index (χ0v) is 16.7. The quantitative estimate of drug-likeness (QED) is 0.250. The Balaban J connectivity index is 1.69. The molecule has 2 aromatic rings. The SMILES string of the molecule is CC(CCC(=O)OCCOc1ccc(OCc2ccc(C(F)(F)F)cc2)cc1)=C(F)F. The third-order valence-corrected chi connectivity index (χ3v) is 4.15. The van der Waals surface area contributed by atoms with E-state index in [0.29, 0.717) is 17.1 Å². The third kappa shape index (κ3) is 8.65. The van der Waals surface area contributed by atoms with Crippen molar-refractivity contribution in [3.8, 4) is 11.5 Å². The summed E-state index contributed by atoms with van der Waals surface area (Å²) in [6.45, 7) is 1.42. The Labute approximate surface area is 176 Å². The molecule has 0 radical (unpaired) electrons. The molecular weight excluding hydrogens is 423 g/mol. The van der Waals surface area contributed by atoms with E-state index >= 15 is 0 Å². The molecule has 2 rings (SSSR count). The van der Waals surface area contributed by atoms with Crippen LogP contribution in [0.2, 0.25) is 0 Å². The van der Waals surface area contributed by atoms with Crippen LogP contribution in [-0.2, 0) is 22.3 Å². The molecule has 0 aliphatic rings. The van der Waals surface area contributed by atoms with Gasteiger partial charge in [0, 0.05) is 6.42 Å². The summed E-state index contributed by atoms with van der Waals surface area (Å²) in [5, 5.41) is 0. The van der Waals surface area contributed by atoms with Gasteiger partial charge in [-0.25, -0.2) is 0 Å². The lowest BCUT2D eigenvalue weighted by Crippen LogP contribution is -2.12. The van der Waals surface area contributed by atoms with Crippen molar-refractivity contribution in [3.05, 3.63) is 71.3 Å². The zero-order valence-electron chi connectivity index (χ0n) is 16.7. The number of ether oxygens (including phenoxy) is 3. The van der Waals surface area contributed by atoms with E-state index < -0.39 is 23.8 Å². The second kappa shape index (κ2) is 11.3. The highest BCUT2D eigenvalue weighted by Gasteiger charge is 2.29. The minimum Gasteiger partial charge on any atom is -0.490 e. The Bertz CT molecular complexity index is 870. The van der Waals surface area contributed by atoms with Gasteiger partial charge in [-0.15, -0.1) is 0 Å². The van der Waals surface area contributed by atoms with Gasteiger partial charge < -0.3 is 14.2 Å². The molecule has 9 heteroatoms. The zero-order chi connectivity index (χ0) is 22.9. The van der Waals surface area contributed by atoms with Crippen molar-refractivity contribution in [2.24, 2.45) is 0 Å². The van der Waals surface area contributed by atoms with Gasteiger partial charge in [-0.05, 0) is 60.9 Å². The Kier molecular flexibility index (Phi) is 8.84. The molecule has 0 amide bonds. The molecule has 0 saturated carbocycles. The molecule has 0 aromatic heterocycles. The van der Waals surface area contributed by atoms with Crippen LogP contribution in [0, 0.1) is 0 Å². The van der Waals surface area contributed by atoms with E-state index in [0.717, 1.165) is 12.1 Å². The average Bonchev–Trinajstić information content (AvgIpc) is 2.74. The number of hydrogen-bond acceptors (Lipinski definition) is 4. The molecule has 0 aliphatic heterocycles. The predicted octanol–water partition coefficient (Wildman–Crippen LogP) is 6.16. The standard InChI is InChI=1S/C22H21F5O4/c1-15(21(23)24)2-11-20(28)30-13-12-29-18-7-9-19(10-8-18)31-14-16-3-5-17(6-4-16)22(25,26)27/h3-10H,2,11-14H2,1H3. The summed E-state index contributed by atoms with van der Waals surface area (Å²) < 4.78 is 78.0. The maximum Gasteiger partial charge on any atom is 0.416 e. The number of allylic oxidation sites excluding steroid dienone is 1. The Hall–Kier alpha value is -3.10. The molecule has 0 unspecified atom stereocenters. The van der Waals surface area contributed by atoms with Crippen LogP contribution >= 0.6 is 0 Å². The van der Waals surface area contributed by atoms with Gasteiger partial charge in [-0.1, -0.05) is 12.1 Å². The average molecular weight is 444 g/mol. The van der Waals surface area contributed by atoms with Gasteiger partial charge in [0.2, 0.25) is 0 Å². The van der Waals surface area contributed by atoms with Crippen LogP contribution in [0.5, 0.6) is 11.5 Å².